The second-order valence-corrected chi connectivity index (χ2v) is 3.85. The van der Waals surface area contributed by atoms with Gasteiger partial charge in [0.1, 0.15) is 0 Å². The molecule has 0 saturated carbocycles. The smallest absolute Gasteiger partial charge is 0.251 e. The number of benzene rings is 1. The van der Waals surface area contributed by atoms with Crippen LogP contribution in [0.1, 0.15) is 35.7 Å². The topological polar surface area (TPSA) is 73.1 Å². The average molecular weight is 232 g/mol. The van der Waals surface area contributed by atoms with Crippen molar-refractivity contribution in [3.63, 3.8) is 0 Å². The molecule has 1 atom stereocenters. The molecule has 1 aromatic carbocycles. The van der Waals surface area contributed by atoms with Gasteiger partial charge in [-0.2, -0.15) is 5.26 Å². The number of amides is 1. The molecule has 0 heterocycles. The molecule has 1 unspecified atom stereocenters. The maximum absolute atomic E-state index is 11.7. The lowest BCUT2D eigenvalue weighted by molar-refractivity contribution is 0.0910. The Bertz CT molecular complexity index is 424. The van der Waals surface area contributed by atoms with Crippen molar-refractivity contribution in [2.75, 3.05) is 6.54 Å². The third-order valence-corrected chi connectivity index (χ3v) is 2.37. The van der Waals surface area contributed by atoms with Crippen LogP contribution in [0.4, 0.5) is 0 Å². The number of nitriles is 1. The van der Waals surface area contributed by atoms with Gasteiger partial charge in [0.2, 0.25) is 0 Å². The summed E-state index contributed by atoms with van der Waals surface area (Å²) in [4.78, 5) is 11.7. The van der Waals surface area contributed by atoms with Crippen molar-refractivity contribution in [2.45, 2.75) is 25.9 Å². The van der Waals surface area contributed by atoms with Gasteiger partial charge in [-0.25, -0.2) is 0 Å². The minimum atomic E-state index is -0.511. The molecule has 90 valence electrons. The summed E-state index contributed by atoms with van der Waals surface area (Å²) in [6, 6.07) is 8.45. The van der Waals surface area contributed by atoms with E-state index in [4.69, 9.17) is 5.26 Å². The summed E-state index contributed by atoms with van der Waals surface area (Å²) in [5.74, 6) is -0.266. The van der Waals surface area contributed by atoms with Gasteiger partial charge in [0, 0.05) is 12.1 Å². The first-order valence-electron chi connectivity index (χ1n) is 5.63. The quantitative estimate of drug-likeness (QED) is 0.807. The Morgan fingerprint density at radius 3 is 3.00 bits per heavy atom. The molecule has 1 rings (SSSR count). The Labute approximate surface area is 101 Å². The van der Waals surface area contributed by atoms with Gasteiger partial charge in [-0.3, -0.25) is 4.79 Å². The van der Waals surface area contributed by atoms with Crippen LogP contribution >= 0.6 is 0 Å². The third kappa shape index (κ3) is 4.25. The number of rotatable bonds is 5. The van der Waals surface area contributed by atoms with E-state index in [9.17, 15) is 9.90 Å². The number of carbonyl (C=O) groups excluding carboxylic acids is 1. The van der Waals surface area contributed by atoms with Gasteiger partial charge in [-0.15, -0.1) is 0 Å². The lowest BCUT2D eigenvalue weighted by Crippen LogP contribution is -2.32. The SMILES string of the molecule is CCCC(O)CNC(=O)c1cccc(C#N)c1. The zero-order valence-electron chi connectivity index (χ0n) is 9.81. The maximum Gasteiger partial charge on any atom is 0.251 e. The Morgan fingerprint density at radius 1 is 1.59 bits per heavy atom. The second kappa shape index (κ2) is 6.66. The molecule has 0 aromatic heterocycles. The van der Waals surface area contributed by atoms with Crippen LogP contribution in [0.25, 0.3) is 0 Å². The largest absolute Gasteiger partial charge is 0.391 e. The van der Waals surface area contributed by atoms with Gasteiger partial charge in [-0.1, -0.05) is 19.4 Å². The summed E-state index contributed by atoms with van der Waals surface area (Å²) in [6.07, 6.45) is 1.03. The summed E-state index contributed by atoms with van der Waals surface area (Å²) in [7, 11) is 0. The fourth-order valence-corrected chi connectivity index (χ4v) is 1.48. The zero-order valence-corrected chi connectivity index (χ0v) is 9.81. The highest BCUT2D eigenvalue weighted by molar-refractivity contribution is 5.94. The molecule has 0 aliphatic heterocycles. The molecule has 0 fully saturated rings. The lowest BCUT2D eigenvalue weighted by atomic mass is 10.1. The van der Waals surface area contributed by atoms with Crippen molar-refractivity contribution in [1.82, 2.24) is 5.32 Å². The first-order chi connectivity index (χ1) is 8.17. The van der Waals surface area contributed by atoms with Gasteiger partial charge in [0.15, 0.2) is 0 Å². The average Bonchev–Trinajstić information content (AvgIpc) is 2.36. The monoisotopic (exact) mass is 232 g/mol. The van der Waals surface area contributed by atoms with Gasteiger partial charge >= 0.3 is 0 Å². The highest BCUT2D eigenvalue weighted by Gasteiger charge is 2.08. The molecule has 4 heteroatoms. The number of hydrogen-bond acceptors (Lipinski definition) is 3. The standard InChI is InChI=1S/C13H16N2O2/c1-2-4-12(16)9-15-13(17)11-6-3-5-10(7-11)8-14/h3,5-7,12,16H,2,4,9H2,1H3,(H,15,17). The number of aliphatic hydroxyl groups excluding tert-OH is 1. The summed E-state index contributed by atoms with van der Waals surface area (Å²) in [5, 5.41) is 20.8. The fourth-order valence-electron chi connectivity index (χ4n) is 1.48. The number of nitrogens with one attached hydrogen (secondary N) is 1. The molecular weight excluding hydrogens is 216 g/mol. The molecule has 4 nitrogen and oxygen atoms in total. The van der Waals surface area contributed by atoms with E-state index in [1.54, 1.807) is 18.2 Å². The maximum atomic E-state index is 11.7. The first kappa shape index (κ1) is 13.2. The molecule has 2 N–H and O–H groups in total. The molecule has 1 amide bonds. The molecule has 0 saturated heterocycles. The number of aliphatic hydroxyl groups is 1. The van der Waals surface area contributed by atoms with E-state index in [0.717, 1.165) is 6.42 Å². The van der Waals surface area contributed by atoms with Gasteiger partial charge in [0.05, 0.1) is 17.7 Å². The van der Waals surface area contributed by atoms with E-state index < -0.39 is 6.10 Å². The molecule has 0 radical (unpaired) electrons. The molecule has 17 heavy (non-hydrogen) atoms. The van der Waals surface area contributed by atoms with Crippen molar-refractivity contribution >= 4 is 5.91 Å². The van der Waals surface area contributed by atoms with E-state index in [-0.39, 0.29) is 12.5 Å². The van der Waals surface area contributed by atoms with Crippen LogP contribution in [-0.4, -0.2) is 23.7 Å². The lowest BCUT2D eigenvalue weighted by Gasteiger charge is -2.10. The Morgan fingerprint density at radius 2 is 2.35 bits per heavy atom. The van der Waals surface area contributed by atoms with E-state index in [0.29, 0.717) is 17.5 Å². The number of hydrogen-bond donors (Lipinski definition) is 2. The summed E-state index contributed by atoms with van der Waals surface area (Å²) in [5.41, 5.74) is 0.888. The third-order valence-electron chi connectivity index (χ3n) is 2.37. The Hall–Kier alpha value is -1.86. The molecule has 0 aliphatic carbocycles. The van der Waals surface area contributed by atoms with Gasteiger partial charge in [0.25, 0.3) is 5.91 Å². The molecule has 0 bridgehead atoms. The molecule has 0 spiro atoms. The number of carbonyl (C=O) groups is 1. The minimum absolute atomic E-state index is 0.240. The highest BCUT2D eigenvalue weighted by Crippen LogP contribution is 2.04. The van der Waals surface area contributed by atoms with Crippen LogP contribution in [0.5, 0.6) is 0 Å². The van der Waals surface area contributed by atoms with Crippen LogP contribution in [0.3, 0.4) is 0 Å². The van der Waals surface area contributed by atoms with Crippen LogP contribution in [0, 0.1) is 11.3 Å². The van der Waals surface area contributed by atoms with E-state index in [1.165, 1.54) is 6.07 Å². The van der Waals surface area contributed by atoms with E-state index in [1.807, 2.05) is 13.0 Å². The molecule has 1 aromatic rings. The predicted molar refractivity (Wildman–Crippen MR) is 64.4 cm³/mol. The van der Waals surface area contributed by atoms with Crippen LogP contribution in [-0.2, 0) is 0 Å². The summed E-state index contributed by atoms with van der Waals surface area (Å²) >= 11 is 0. The fraction of sp³-hybridized carbons (Fsp3) is 0.385. The number of nitrogens with zero attached hydrogens (tertiary/aromatic N) is 1. The first-order valence-corrected chi connectivity index (χ1v) is 5.63. The van der Waals surface area contributed by atoms with E-state index >= 15 is 0 Å². The van der Waals surface area contributed by atoms with Crippen molar-refractivity contribution in [3.05, 3.63) is 35.4 Å². The normalized spacial score (nSPS) is 11.6. The van der Waals surface area contributed by atoms with Crippen molar-refractivity contribution < 1.29 is 9.90 Å². The van der Waals surface area contributed by atoms with Gasteiger partial charge in [-0.05, 0) is 24.6 Å². The Kier molecular flexibility index (Phi) is 5.18. The molecule has 0 aliphatic rings. The zero-order chi connectivity index (χ0) is 12.7. The van der Waals surface area contributed by atoms with Crippen LogP contribution in [0.2, 0.25) is 0 Å². The molecular formula is C13H16N2O2. The Balaban J connectivity index is 2.55. The van der Waals surface area contributed by atoms with Crippen molar-refractivity contribution in [3.8, 4) is 6.07 Å². The van der Waals surface area contributed by atoms with Crippen LogP contribution < -0.4 is 5.32 Å². The van der Waals surface area contributed by atoms with Gasteiger partial charge < -0.3 is 10.4 Å². The van der Waals surface area contributed by atoms with Crippen molar-refractivity contribution in [1.29, 1.82) is 5.26 Å². The van der Waals surface area contributed by atoms with Crippen LogP contribution in [0.15, 0.2) is 24.3 Å². The summed E-state index contributed by atoms with van der Waals surface area (Å²) in [6.45, 7) is 2.21. The minimum Gasteiger partial charge on any atom is -0.391 e. The second-order valence-electron chi connectivity index (χ2n) is 3.85. The summed E-state index contributed by atoms with van der Waals surface area (Å²) < 4.78 is 0. The predicted octanol–water partition coefficient (Wildman–Crippen LogP) is 1.45. The van der Waals surface area contributed by atoms with E-state index in [2.05, 4.69) is 5.32 Å². The highest BCUT2D eigenvalue weighted by atomic mass is 16.3. The van der Waals surface area contributed by atoms with Crippen molar-refractivity contribution in [2.24, 2.45) is 0 Å².